The molecule has 0 aliphatic carbocycles. The van der Waals surface area contributed by atoms with Crippen molar-refractivity contribution in [3.8, 4) is 17.3 Å². The molecule has 0 saturated heterocycles. The smallest absolute Gasteiger partial charge is 0.134 e. The van der Waals surface area contributed by atoms with Crippen molar-refractivity contribution in [2.75, 3.05) is 0 Å². The van der Waals surface area contributed by atoms with E-state index in [1.54, 1.807) is 24.3 Å². The van der Waals surface area contributed by atoms with Crippen molar-refractivity contribution in [1.29, 1.82) is 5.26 Å². The lowest BCUT2D eigenvalue weighted by molar-refractivity contribution is 1.37. The van der Waals surface area contributed by atoms with Crippen molar-refractivity contribution in [2.24, 2.45) is 0 Å². The van der Waals surface area contributed by atoms with Crippen LogP contribution in [0.4, 0.5) is 0 Å². The number of halogens is 3. The van der Waals surface area contributed by atoms with Gasteiger partial charge < -0.3 is 0 Å². The summed E-state index contributed by atoms with van der Waals surface area (Å²) in [4.78, 5) is 4.54. The molecule has 0 aliphatic heterocycles. The van der Waals surface area contributed by atoms with Gasteiger partial charge in [0, 0.05) is 26.0 Å². The van der Waals surface area contributed by atoms with E-state index in [9.17, 15) is 5.26 Å². The van der Waals surface area contributed by atoms with E-state index in [0.29, 0.717) is 25.6 Å². The summed E-state index contributed by atoms with van der Waals surface area (Å²) >= 11 is 19.5. The lowest BCUT2D eigenvalue weighted by atomic mass is 10.1. The highest BCUT2D eigenvalue weighted by molar-refractivity contribution is 7.11. The van der Waals surface area contributed by atoms with Gasteiger partial charge in [0.2, 0.25) is 0 Å². The number of hydrogen-bond donors (Lipinski definition) is 0. The normalized spacial score (nSPS) is 11.3. The van der Waals surface area contributed by atoms with Gasteiger partial charge in [-0.05, 0) is 35.9 Å². The van der Waals surface area contributed by atoms with E-state index in [4.69, 9.17) is 34.8 Å². The SMILES string of the molecule is N#C/C(=C/c1ccc(Cl)cc1Cl)c1nc(-c2cccc(Cl)c2)cs1. The quantitative estimate of drug-likeness (QED) is 0.458. The molecule has 0 radical (unpaired) electrons. The third-order valence-corrected chi connectivity index (χ3v) is 4.91. The van der Waals surface area contributed by atoms with Crippen LogP contribution in [0.1, 0.15) is 10.6 Å². The Morgan fingerprint density at radius 3 is 2.58 bits per heavy atom. The number of allylic oxidation sites excluding steroid dienone is 1. The molecule has 24 heavy (non-hydrogen) atoms. The van der Waals surface area contributed by atoms with E-state index in [1.807, 2.05) is 29.6 Å². The molecular formula is C18H9Cl3N2S. The molecular weight excluding hydrogens is 383 g/mol. The fourth-order valence-electron chi connectivity index (χ4n) is 2.09. The van der Waals surface area contributed by atoms with Crippen LogP contribution in [0, 0.1) is 11.3 Å². The van der Waals surface area contributed by atoms with Gasteiger partial charge in [0.25, 0.3) is 0 Å². The molecule has 2 aromatic carbocycles. The van der Waals surface area contributed by atoms with Crippen LogP contribution in [0.5, 0.6) is 0 Å². The predicted molar refractivity (Wildman–Crippen MR) is 103 cm³/mol. The minimum atomic E-state index is 0.442. The van der Waals surface area contributed by atoms with Crippen LogP contribution in [0.25, 0.3) is 22.9 Å². The van der Waals surface area contributed by atoms with Gasteiger partial charge in [-0.25, -0.2) is 4.98 Å². The Bertz CT molecular complexity index is 970. The van der Waals surface area contributed by atoms with Gasteiger partial charge >= 0.3 is 0 Å². The summed E-state index contributed by atoms with van der Waals surface area (Å²) in [5.41, 5.74) is 2.85. The summed E-state index contributed by atoms with van der Waals surface area (Å²) in [6, 6.07) is 14.8. The molecule has 0 amide bonds. The Kier molecular flexibility index (Phi) is 5.23. The van der Waals surface area contributed by atoms with Crippen LogP contribution in [0.2, 0.25) is 15.1 Å². The molecule has 2 nitrogen and oxygen atoms in total. The van der Waals surface area contributed by atoms with E-state index < -0.39 is 0 Å². The fourth-order valence-corrected chi connectivity index (χ4v) is 3.54. The Balaban J connectivity index is 1.98. The Hall–Kier alpha value is -1.83. The molecule has 118 valence electrons. The molecule has 3 aromatic rings. The second-order valence-electron chi connectivity index (χ2n) is 4.88. The average Bonchev–Trinajstić information content (AvgIpc) is 3.04. The minimum Gasteiger partial charge on any atom is -0.235 e. The first kappa shape index (κ1) is 17.0. The largest absolute Gasteiger partial charge is 0.235 e. The number of benzene rings is 2. The number of rotatable bonds is 3. The number of hydrogen-bond acceptors (Lipinski definition) is 3. The summed E-state index contributed by atoms with van der Waals surface area (Å²) in [5, 5.41) is 13.7. The lowest BCUT2D eigenvalue weighted by Gasteiger charge is -2.00. The van der Waals surface area contributed by atoms with Crippen molar-refractivity contribution >= 4 is 57.8 Å². The van der Waals surface area contributed by atoms with Gasteiger partial charge in [-0.1, -0.05) is 53.0 Å². The van der Waals surface area contributed by atoms with Crippen molar-refractivity contribution < 1.29 is 0 Å². The molecule has 0 aliphatic rings. The van der Waals surface area contributed by atoms with Crippen LogP contribution in [-0.4, -0.2) is 4.98 Å². The number of nitriles is 1. The van der Waals surface area contributed by atoms with Crippen LogP contribution in [0.3, 0.4) is 0 Å². The second-order valence-corrected chi connectivity index (χ2v) is 7.02. The standard InChI is InChI=1S/C18H9Cl3N2S/c19-14-3-1-2-12(7-14)17-10-24-18(23-17)13(9-22)6-11-4-5-15(20)8-16(11)21/h1-8,10H/b13-6-. The van der Waals surface area contributed by atoms with E-state index in [1.165, 1.54) is 11.3 Å². The second kappa shape index (κ2) is 7.38. The first-order chi connectivity index (χ1) is 11.6. The van der Waals surface area contributed by atoms with Crippen LogP contribution in [-0.2, 0) is 0 Å². The summed E-state index contributed by atoms with van der Waals surface area (Å²) in [6.45, 7) is 0. The van der Waals surface area contributed by atoms with Gasteiger partial charge in [0.1, 0.15) is 11.1 Å². The molecule has 6 heteroatoms. The molecule has 0 atom stereocenters. The van der Waals surface area contributed by atoms with Crippen LogP contribution >= 0.6 is 46.1 Å². The average molecular weight is 392 g/mol. The topological polar surface area (TPSA) is 36.7 Å². The molecule has 1 aromatic heterocycles. The van der Waals surface area contributed by atoms with Gasteiger partial charge in [-0.2, -0.15) is 5.26 Å². The summed E-state index contributed by atoms with van der Waals surface area (Å²) in [7, 11) is 0. The molecule has 3 rings (SSSR count). The molecule has 1 heterocycles. The van der Waals surface area contributed by atoms with Gasteiger partial charge in [-0.15, -0.1) is 11.3 Å². The van der Waals surface area contributed by atoms with Crippen LogP contribution in [0.15, 0.2) is 47.8 Å². The number of aromatic nitrogens is 1. The van der Waals surface area contributed by atoms with Gasteiger partial charge in [0.15, 0.2) is 0 Å². The molecule has 0 N–H and O–H groups in total. The number of nitrogens with zero attached hydrogens (tertiary/aromatic N) is 2. The van der Waals surface area contributed by atoms with E-state index >= 15 is 0 Å². The van der Waals surface area contributed by atoms with Gasteiger partial charge in [0.05, 0.1) is 11.3 Å². The van der Waals surface area contributed by atoms with E-state index in [-0.39, 0.29) is 0 Å². The maximum absolute atomic E-state index is 9.47. The summed E-state index contributed by atoms with van der Waals surface area (Å²) in [6.07, 6.45) is 1.71. The first-order valence-corrected chi connectivity index (χ1v) is 8.87. The highest BCUT2D eigenvalue weighted by Gasteiger charge is 2.10. The summed E-state index contributed by atoms with van der Waals surface area (Å²) < 4.78 is 0. The molecule has 0 bridgehead atoms. The Morgan fingerprint density at radius 2 is 1.88 bits per heavy atom. The van der Waals surface area contributed by atoms with E-state index in [0.717, 1.165) is 16.8 Å². The van der Waals surface area contributed by atoms with Crippen molar-refractivity contribution in [3.05, 3.63) is 73.5 Å². The molecule has 0 unspecified atom stereocenters. The zero-order valence-electron chi connectivity index (χ0n) is 12.1. The third-order valence-electron chi connectivity index (χ3n) is 3.24. The highest BCUT2D eigenvalue weighted by Crippen LogP contribution is 2.30. The zero-order valence-corrected chi connectivity index (χ0v) is 15.2. The van der Waals surface area contributed by atoms with E-state index in [2.05, 4.69) is 11.1 Å². The molecule has 0 spiro atoms. The highest BCUT2D eigenvalue weighted by atomic mass is 35.5. The minimum absolute atomic E-state index is 0.442. The zero-order chi connectivity index (χ0) is 17.1. The van der Waals surface area contributed by atoms with Crippen molar-refractivity contribution in [3.63, 3.8) is 0 Å². The number of thiazole rings is 1. The Morgan fingerprint density at radius 1 is 1.08 bits per heavy atom. The maximum atomic E-state index is 9.47. The van der Waals surface area contributed by atoms with Crippen molar-refractivity contribution in [1.82, 2.24) is 4.98 Å². The lowest BCUT2D eigenvalue weighted by Crippen LogP contribution is -1.84. The predicted octanol–water partition coefficient (Wildman–Crippen LogP) is 6.83. The maximum Gasteiger partial charge on any atom is 0.134 e. The molecule has 0 saturated carbocycles. The third kappa shape index (κ3) is 3.80. The van der Waals surface area contributed by atoms with Gasteiger partial charge in [-0.3, -0.25) is 0 Å². The van der Waals surface area contributed by atoms with Crippen molar-refractivity contribution in [2.45, 2.75) is 0 Å². The first-order valence-electron chi connectivity index (χ1n) is 6.85. The Labute approximate surface area is 158 Å². The monoisotopic (exact) mass is 390 g/mol. The summed E-state index contributed by atoms with van der Waals surface area (Å²) in [5.74, 6) is 0. The molecule has 0 fully saturated rings. The van der Waals surface area contributed by atoms with Crippen LogP contribution < -0.4 is 0 Å². The fraction of sp³-hybridized carbons (Fsp3) is 0.